The average Bonchev–Trinajstić information content (AvgIpc) is 3.01. The predicted molar refractivity (Wildman–Crippen MR) is 81.8 cm³/mol. The van der Waals surface area contributed by atoms with Gasteiger partial charge in [0.1, 0.15) is 4.21 Å². The van der Waals surface area contributed by atoms with E-state index < -0.39 is 10.0 Å². The Morgan fingerprint density at radius 1 is 1.19 bits per heavy atom. The second kappa shape index (κ2) is 6.59. The van der Waals surface area contributed by atoms with Crippen molar-refractivity contribution >= 4 is 27.6 Å². The van der Waals surface area contributed by atoms with Crippen LogP contribution in [0.15, 0.2) is 45.0 Å². The molecule has 1 N–H and O–H groups in total. The van der Waals surface area contributed by atoms with Gasteiger partial charge in [0.15, 0.2) is 11.5 Å². The van der Waals surface area contributed by atoms with Crippen molar-refractivity contribution in [1.29, 1.82) is 0 Å². The van der Waals surface area contributed by atoms with Crippen LogP contribution in [0, 0.1) is 0 Å². The Morgan fingerprint density at radius 2 is 2.00 bits per heavy atom. The Morgan fingerprint density at radius 3 is 2.62 bits per heavy atom. The molecule has 0 unspecified atom stereocenters. The summed E-state index contributed by atoms with van der Waals surface area (Å²) >= 11 is 1.12. The Labute approximate surface area is 127 Å². The van der Waals surface area contributed by atoms with Gasteiger partial charge < -0.3 is 9.47 Å². The number of nitrogens with one attached hydrogen (secondary N) is 1. The van der Waals surface area contributed by atoms with Crippen LogP contribution < -0.4 is 14.3 Å². The van der Waals surface area contributed by atoms with Crippen LogP contribution in [0.2, 0.25) is 0 Å². The number of methoxy groups -OCH3 is 2. The molecule has 0 aliphatic carbocycles. The van der Waals surface area contributed by atoms with Gasteiger partial charge in [0.05, 0.1) is 20.4 Å². The van der Waals surface area contributed by atoms with Crippen LogP contribution in [0.4, 0.5) is 0 Å². The van der Waals surface area contributed by atoms with E-state index >= 15 is 0 Å². The van der Waals surface area contributed by atoms with E-state index in [1.54, 1.807) is 29.6 Å². The lowest BCUT2D eigenvalue weighted by Crippen LogP contribution is -2.17. The summed E-state index contributed by atoms with van der Waals surface area (Å²) in [6, 6.07) is 8.41. The summed E-state index contributed by atoms with van der Waals surface area (Å²) in [6.07, 6.45) is 1.37. The third kappa shape index (κ3) is 3.53. The molecule has 1 aromatic carbocycles. The third-order valence-electron chi connectivity index (χ3n) is 2.57. The van der Waals surface area contributed by atoms with Gasteiger partial charge in [-0.15, -0.1) is 11.3 Å². The van der Waals surface area contributed by atoms with Crippen molar-refractivity contribution in [2.45, 2.75) is 4.21 Å². The minimum Gasteiger partial charge on any atom is -0.493 e. The van der Waals surface area contributed by atoms with Crippen LogP contribution in [0.3, 0.4) is 0 Å². The molecule has 0 atom stereocenters. The molecule has 0 aliphatic rings. The van der Waals surface area contributed by atoms with E-state index in [0.717, 1.165) is 11.3 Å². The monoisotopic (exact) mass is 326 g/mol. The highest BCUT2D eigenvalue weighted by Gasteiger charge is 2.13. The average molecular weight is 326 g/mol. The molecule has 1 heterocycles. The van der Waals surface area contributed by atoms with Gasteiger partial charge in [0.2, 0.25) is 0 Å². The van der Waals surface area contributed by atoms with Gasteiger partial charge >= 0.3 is 0 Å². The molecule has 0 fully saturated rings. The first-order chi connectivity index (χ1) is 10.1. The minimum absolute atomic E-state index is 0.206. The van der Waals surface area contributed by atoms with Gasteiger partial charge in [0, 0.05) is 5.56 Å². The molecule has 0 radical (unpaired) electrons. The number of thiophene rings is 1. The van der Waals surface area contributed by atoms with Gasteiger partial charge in [0.25, 0.3) is 10.0 Å². The number of sulfonamides is 1. The molecule has 0 saturated carbocycles. The summed E-state index contributed by atoms with van der Waals surface area (Å²) in [5.74, 6) is 1.03. The Balaban J connectivity index is 2.19. The van der Waals surface area contributed by atoms with Gasteiger partial charge in [-0.1, -0.05) is 12.1 Å². The zero-order valence-corrected chi connectivity index (χ0v) is 13.1. The maximum absolute atomic E-state index is 11.9. The van der Waals surface area contributed by atoms with Crippen molar-refractivity contribution in [2.75, 3.05) is 14.2 Å². The van der Waals surface area contributed by atoms with Crippen molar-refractivity contribution in [3.05, 3.63) is 41.3 Å². The van der Waals surface area contributed by atoms with Gasteiger partial charge in [-0.2, -0.15) is 18.4 Å². The molecule has 2 aromatic rings. The van der Waals surface area contributed by atoms with E-state index in [0.29, 0.717) is 17.1 Å². The summed E-state index contributed by atoms with van der Waals surface area (Å²) in [5.41, 5.74) is 0.603. The lowest BCUT2D eigenvalue weighted by molar-refractivity contribution is 0.354. The Bertz CT molecular complexity index is 725. The van der Waals surface area contributed by atoms with Crippen LogP contribution >= 0.6 is 11.3 Å². The third-order valence-corrected chi connectivity index (χ3v) is 5.19. The number of hydrogen-bond donors (Lipinski definition) is 1. The fourth-order valence-electron chi connectivity index (χ4n) is 1.64. The van der Waals surface area contributed by atoms with Crippen LogP contribution in [0.25, 0.3) is 0 Å². The van der Waals surface area contributed by atoms with Gasteiger partial charge in [-0.3, -0.25) is 0 Å². The molecule has 0 aliphatic heterocycles. The SMILES string of the molecule is COc1cccc(/C=N/NS(=O)(=O)c2cccs2)c1OC. The van der Waals surface area contributed by atoms with Crippen molar-refractivity contribution in [2.24, 2.45) is 5.10 Å². The number of rotatable bonds is 6. The maximum atomic E-state index is 11.9. The van der Waals surface area contributed by atoms with Crippen LogP contribution in [-0.4, -0.2) is 28.9 Å². The summed E-state index contributed by atoms with van der Waals surface area (Å²) in [7, 11) is -0.593. The largest absolute Gasteiger partial charge is 0.493 e. The summed E-state index contributed by atoms with van der Waals surface area (Å²) in [6.45, 7) is 0. The smallest absolute Gasteiger partial charge is 0.286 e. The number of para-hydroxylation sites is 1. The molecule has 0 saturated heterocycles. The highest BCUT2D eigenvalue weighted by molar-refractivity contribution is 7.91. The number of hydrogen-bond acceptors (Lipinski definition) is 6. The first-order valence-electron chi connectivity index (χ1n) is 5.88. The zero-order chi connectivity index (χ0) is 15.3. The molecule has 8 heteroatoms. The van der Waals surface area contributed by atoms with Crippen molar-refractivity contribution in [1.82, 2.24) is 4.83 Å². The Hall–Kier alpha value is -2.06. The van der Waals surface area contributed by atoms with Crippen molar-refractivity contribution < 1.29 is 17.9 Å². The minimum atomic E-state index is -3.62. The van der Waals surface area contributed by atoms with Crippen LogP contribution in [0.1, 0.15) is 5.56 Å². The molecule has 0 spiro atoms. The molecule has 112 valence electrons. The van der Waals surface area contributed by atoms with Gasteiger partial charge in [-0.05, 0) is 23.6 Å². The van der Waals surface area contributed by atoms with Crippen molar-refractivity contribution in [3.63, 3.8) is 0 Å². The Kier molecular flexibility index (Phi) is 4.81. The lowest BCUT2D eigenvalue weighted by Gasteiger charge is -2.09. The molecule has 21 heavy (non-hydrogen) atoms. The zero-order valence-electron chi connectivity index (χ0n) is 11.4. The molecular formula is C13H14N2O4S2. The topological polar surface area (TPSA) is 77.0 Å². The molecule has 0 amide bonds. The normalized spacial score (nSPS) is 11.5. The first kappa shape index (κ1) is 15.3. The predicted octanol–water partition coefficient (Wildman–Crippen LogP) is 2.08. The number of hydrazone groups is 1. The maximum Gasteiger partial charge on any atom is 0.286 e. The fourth-order valence-corrected chi connectivity index (χ4v) is 3.41. The lowest BCUT2D eigenvalue weighted by atomic mass is 10.2. The number of nitrogens with zero attached hydrogens (tertiary/aromatic N) is 1. The molecular weight excluding hydrogens is 312 g/mol. The summed E-state index contributed by atoms with van der Waals surface area (Å²) < 4.78 is 34.4. The highest BCUT2D eigenvalue weighted by Crippen LogP contribution is 2.29. The summed E-state index contributed by atoms with van der Waals surface area (Å²) in [4.78, 5) is 2.15. The van der Waals surface area contributed by atoms with E-state index in [1.807, 2.05) is 0 Å². The second-order valence-corrected chi connectivity index (χ2v) is 6.70. The standard InChI is InChI=1S/C13H14N2O4S2/c1-18-11-6-3-5-10(13(11)19-2)9-14-15-21(16,17)12-7-4-8-20-12/h3-9,15H,1-2H3/b14-9+. The van der Waals surface area contributed by atoms with E-state index in [4.69, 9.17) is 9.47 Å². The van der Waals surface area contributed by atoms with E-state index in [1.165, 1.54) is 26.5 Å². The number of benzene rings is 1. The quantitative estimate of drug-likeness (QED) is 0.651. The molecule has 6 nitrogen and oxygen atoms in total. The first-order valence-corrected chi connectivity index (χ1v) is 8.24. The van der Waals surface area contributed by atoms with E-state index in [9.17, 15) is 8.42 Å². The second-order valence-electron chi connectivity index (χ2n) is 3.87. The molecule has 2 rings (SSSR count). The molecule has 1 aromatic heterocycles. The van der Waals surface area contributed by atoms with Crippen molar-refractivity contribution in [3.8, 4) is 11.5 Å². The molecule has 0 bridgehead atoms. The number of ether oxygens (including phenoxy) is 2. The fraction of sp³-hybridized carbons (Fsp3) is 0.154. The summed E-state index contributed by atoms with van der Waals surface area (Å²) in [5, 5.41) is 5.45. The highest BCUT2D eigenvalue weighted by atomic mass is 32.2. The van der Waals surface area contributed by atoms with E-state index in [2.05, 4.69) is 9.93 Å². The van der Waals surface area contributed by atoms with Gasteiger partial charge in [-0.25, -0.2) is 0 Å². The van der Waals surface area contributed by atoms with E-state index in [-0.39, 0.29) is 4.21 Å². The van der Waals surface area contributed by atoms with Crippen LogP contribution in [0.5, 0.6) is 11.5 Å². The van der Waals surface area contributed by atoms with Crippen LogP contribution in [-0.2, 0) is 10.0 Å².